The molecule has 7 heteroatoms. The molecule has 1 N–H and O–H groups in total. The third-order valence-electron chi connectivity index (χ3n) is 4.19. The molecule has 0 saturated heterocycles. The lowest BCUT2D eigenvalue weighted by Crippen LogP contribution is -2.27. The quantitative estimate of drug-likeness (QED) is 0.676. The van der Waals surface area contributed by atoms with Gasteiger partial charge in [0.2, 0.25) is 11.7 Å². The van der Waals surface area contributed by atoms with E-state index >= 15 is 0 Å². The number of hydrogen-bond acceptors (Lipinski definition) is 6. The number of likely N-dealkylation sites (N-methyl/N-ethyl adjacent to an activating group) is 1. The van der Waals surface area contributed by atoms with Crippen LogP contribution in [0.1, 0.15) is 17.0 Å². The Morgan fingerprint density at radius 2 is 1.82 bits per heavy atom. The van der Waals surface area contributed by atoms with Crippen molar-refractivity contribution >= 4 is 11.6 Å². The summed E-state index contributed by atoms with van der Waals surface area (Å²) in [6.07, 6.45) is 0. The molecule has 0 bridgehead atoms. The van der Waals surface area contributed by atoms with E-state index in [-0.39, 0.29) is 12.5 Å². The number of amides is 1. The Labute approximate surface area is 164 Å². The predicted octanol–water partition coefficient (Wildman–Crippen LogP) is 3.43. The molecular formula is C21H24N4O3. The van der Waals surface area contributed by atoms with E-state index in [0.717, 1.165) is 16.8 Å². The van der Waals surface area contributed by atoms with E-state index in [0.29, 0.717) is 24.0 Å². The van der Waals surface area contributed by atoms with Crippen LogP contribution in [-0.2, 0) is 11.3 Å². The van der Waals surface area contributed by atoms with Crippen molar-refractivity contribution in [3.05, 3.63) is 59.5 Å². The molecule has 0 spiro atoms. The van der Waals surface area contributed by atoms with Gasteiger partial charge < -0.3 is 19.5 Å². The summed E-state index contributed by atoms with van der Waals surface area (Å²) < 4.78 is 11.0. The summed E-state index contributed by atoms with van der Waals surface area (Å²) in [5.74, 6) is 1.51. The lowest BCUT2D eigenvalue weighted by molar-refractivity contribution is -0.130. The molecule has 3 rings (SSSR count). The molecule has 1 aromatic heterocycles. The topological polar surface area (TPSA) is 80.5 Å². The number of benzene rings is 2. The Balaban J connectivity index is 1.67. The van der Waals surface area contributed by atoms with Gasteiger partial charge in [0.05, 0.1) is 12.2 Å². The molecule has 0 saturated carbocycles. The van der Waals surface area contributed by atoms with Crippen LogP contribution < -0.4 is 10.1 Å². The van der Waals surface area contributed by atoms with E-state index in [4.69, 9.17) is 9.26 Å². The normalized spacial score (nSPS) is 10.6. The number of carbonyl (C=O) groups is 1. The fourth-order valence-electron chi connectivity index (χ4n) is 2.48. The lowest BCUT2D eigenvalue weighted by atomic mass is 10.1. The summed E-state index contributed by atoms with van der Waals surface area (Å²) in [5.41, 5.74) is 3.88. The van der Waals surface area contributed by atoms with Gasteiger partial charge in [-0.25, -0.2) is 0 Å². The van der Waals surface area contributed by atoms with Crippen molar-refractivity contribution in [3.8, 4) is 17.1 Å². The fourth-order valence-corrected chi connectivity index (χ4v) is 2.48. The van der Waals surface area contributed by atoms with Gasteiger partial charge in [0, 0.05) is 19.7 Å². The monoisotopic (exact) mass is 380 g/mol. The van der Waals surface area contributed by atoms with Crippen molar-refractivity contribution in [3.63, 3.8) is 0 Å². The van der Waals surface area contributed by atoms with Crippen LogP contribution in [-0.4, -0.2) is 41.6 Å². The third kappa shape index (κ3) is 4.88. The Bertz CT molecular complexity index is 949. The lowest BCUT2D eigenvalue weighted by Gasteiger charge is -2.15. The minimum atomic E-state index is -0.105. The second kappa shape index (κ2) is 8.56. The van der Waals surface area contributed by atoms with Gasteiger partial charge in [-0.05, 0) is 31.5 Å². The van der Waals surface area contributed by atoms with Gasteiger partial charge in [-0.1, -0.05) is 41.1 Å². The number of nitrogens with one attached hydrogen (secondary N) is 1. The molecule has 0 aliphatic heterocycles. The van der Waals surface area contributed by atoms with Crippen LogP contribution in [0.3, 0.4) is 0 Å². The summed E-state index contributed by atoms with van der Waals surface area (Å²) >= 11 is 0. The maximum atomic E-state index is 11.8. The van der Waals surface area contributed by atoms with Crippen LogP contribution in [0, 0.1) is 13.8 Å². The minimum absolute atomic E-state index is 0.0245. The van der Waals surface area contributed by atoms with E-state index in [1.165, 1.54) is 10.5 Å². The van der Waals surface area contributed by atoms with Crippen molar-refractivity contribution in [1.29, 1.82) is 0 Å². The molecule has 0 aliphatic rings. The first-order valence-corrected chi connectivity index (χ1v) is 8.99. The third-order valence-corrected chi connectivity index (χ3v) is 4.19. The van der Waals surface area contributed by atoms with Gasteiger partial charge >= 0.3 is 0 Å². The van der Waals surface area contributed by atoms with Crippen LogP contribution in [0.4, 0.5) is 5.69 Å². The smallest absolute Gasteiger partial charge is 0.259 e. The summed E-state index contributed by atoms with van der Waals surface area (Å²) in [7, 11) is 3.39. The van der Waals surface area contributed by atoms with Crippen LogP contribution >= 0.6 is 0 Å². The highest BCUT2D eigenvalue weighted by molar-refractivity contribution is 5.77. The summed E-state index contributed by atoms with van der Waals surface area (Å²) in [6.45, 7) is 4.32. The Morgan fingerprint density at radius 3 is 2.54 bits per heavy atom. The number of hydrogen-bond donors (Lipinski definition) is 1. The number of aryl methyl sites for hydroxylation is 2. The average molecular weight is 380 g/mol. The second-order valence-electron chi connectivity index (χ2n) is 6.81. The van der Waals surface area contributed by atoms with Gasteiger partial charge in [0.25, 0.3) is 5.91 Å². The number of nitrogens with zero attached hydrogens (tertiary/aromatic N) is 3. The molecule has 28 heavy (non-hydrogen) atoms. The summed E-state index contributed by atoms with van der Waals surface area (Å²) in [5, 5.41) is 7.27. The first-order chi connectivity index (χ1) is 13.4. The zero-order valence-electron chi connectivity index (χ0n) is 16.5. The Morgan fingerprint density at radius 1 is 1.11 bits per heavy atom. The van der Waals surface area contributed by atoms with Crippen LogP contribution in [0.2, 0.25) is 0 Å². The molecule has 0 unspecified atom stereocenters. The number of rotatable bonds is 7. The van der Waals surface area contributed by atoms with Crippen LogP contribution in [0.5, 0.6) is 5.75 Å². The van der Waals surface area contributed by atoms with Crippen molar-refractivity contribution in [2.45, 2.75) is 20.4 Å². The van der Waals surface area contributed by atoms with Gasteiger partial charge in [0.15, 0.2) is 6.61 Å². The first kappa shape index (κ1) is 19.4. The maximum Gasteiger partial charge on any atom is 0.259 e. The average Bonchev–Trinajstić information content (AvgIpc) is 3.14. The molecule has 146 valence electrons. The highest BCUT2D eigenvalue weighted by atomic mass is 16.5. The van der Waals surface area contributed by atoms with Gasteiger partial charge in [0.1, 0.15) is 5.75 Å². The van der Waals surface area contributed by atoms with Crippen molar-refractivity contribution < 1.29 is 14.1 Å². The first-order valence-electron chi connectivity index (χ1n) is 8.99. The maximum absolute atomic E-state index is 11.8. The molecule has 0 radical (unpaired) electrons. The largest absolute Gasteiger partial charge is 0.482 e. The minimum Gasteiger partial charge on any atom is -0.482 e. The number of ether oxygens (including phenoxy) is 1. The molecule has 0 fully saturated rings. The van der Waals surface area contributed by atoms with E-state index in [1.807, 2.05) is 56.3 Å². The molecule has 1 heterocycles. The summed E-state index contributed by atoms with van der Waals surface area (Å²) in [6, 6.07) is 13.7. The molecule has 2 aromatic carbocycles. The van der Waals surface area contributed by atoms with Crippen LogP contribution in [0.15, 0.2) is 47.0 Å². The SMILES string of the molecule is Cc1ccc(-c2noc(CNc3ccc(C)cc3OCC(=O)N(C)C)n2)cc1. The fraction of sp³-hybridized carbons (Fsp3) is 0.286. The van der Waals surface area contributed by atoms with Gasteiger partial charge in [-0.2, -0.15) is 4.98 Å². The summed E-state index contributed by atoms with van der Waals surface area (Å²) in [4.78, 5) is 17.7. The van der Waals surface area contributed by atoms with Crippen molar-refractivity contribution in [2.24, 2.45) is 0 Å². The van der Waals surface area contributed by atoms with Gasteiger partial charge in [-0.15, -0.1) is 0 Å². The standard InChI is InChI=1S/C21H24N4O3/c1-14-5-8-16(9-6-14)21-23-19(28-24-21)12-22-17-10-7-15(2)11-18(17)27-13-20(26)25(3)4/h5-11,22H,12-13H2,1-4H3. The highest BCUT2D eigenvalue weighted by Crippen LogP contribution is 2.26. The van der Waals surface area contributed by atoms with E-state index in [1.54, 1.807) is 14.1 Å². The number of aromatic nitrogens is 2. The zero-order chi connectivity index (χ0) is 20.1. The number of anilines is 1. The van der Waals surface area contributed by atoms with Crippen molar-refractivity contribution in [2.75, 3.05) is 26.0 Å². The zero-order valence-corrected chi connectivity index (χ0v) is 16.5. The molecule has 0 aliphatic carbocycles. The Kier molecular flexibility index (Phi) is 5.93. The van der Waals surface area contributed by atoms with Crippen molar-refractivity contribution in [1.82, 2.24) is 15.0 Å². The second-order valence-corrected chi connectivity index (χ2v) is 6.81. The van der Waals surface area contributed by atoms with Crippen LogP contribution in [0.25, 0.3) is 11.4 Å². The molecular weight excluding hydrogens is 356 g/mol. The molecule has 1 amide bonds. The van der Waals surface area contributed by atoms with E-state index in [9.17, 15) is 4.79 Å². The predicted molar refractivity (Wildman–Crippen MR) is 107 cm³/mol. The molecule has 7 nitrogen and oxygen atoms in total. The number of carbonyl (C=O) groups excluding carboxylic acids is 1. The van der Waals surface area contributed by atoms with Gasteiger partial charge in [-0.3, -0.25) is 4.79 Å². The Hall–Kier alpha value is -3.35. The van der Waals surface area contributed by atoms with E-state index < -0.39 is 0 Å². The molecule has 3 aromatic rings. The molecule has 0 atom stereocenters. The van der Waals surface area contributed by atoms with E-state index in [2.05, 4.69) is 15.5 Å². The highest BCUT2D eigenvalue weighted by Gasteiger charge is 2.12.